The quantitative estimate of drug-likeness (QED) is 0.888. The van der Waals surface area contributed by atoms with Gasteiger partial charge in [-0.15, -0.1) is 0 Å². The highest BCUT2D eigenvalue weighted by atomic mass is 32.1. The van der Waals surface area contributed by atoms with E-state index in [0.29, 0.717) is 11.6 Å². The molecule has 5 rings (SSSR count). The largest absolute Gasteiger partial charge is 0.508 e. The van der Waals surface area contributed by atoms with Crippen molar-refractivity contribution in [3.05, 3.63) is 23.9 Å². The van der Waals surface area contributed by atoms with Gasteiger partial charge in [-0.3, -0.25) is 4.79 Å². The van der Waals surface area contributed by atoms with E-state index < -0.39 is 0 Å². The van der Waals surface area contributed by atoms with Crippen LogP contribution in [0.1, 0.15) is 23.3 Å². The molecule has 3 aliphatic rings. The van der Waals surface area contributed by atoms with Crippen LogP contribution in [-0.2, 0) is 0 Å². The lowest BCUT2D eigenvalue weighted by Gasteiger charge is -2.44. The fourth-order valence-corrected chi connectivity index (χ4v) is 4.21. The molecule has 4 heterocycles. The van der Waals surface area contributed by atoms with Crippen molar-refractivity contribution < 1.29 is 9.90 Å². The Bertz CT molecular complexity index is 691. The van der Waals surface area contributed by atoms with Gasteiger partial charge in [-0.25, -0.2) is 0 Å². The van der Waals surface area contributed by atoms with Crippen LogP contribution in [0.3, 0.4) is 0 Å². The third-order valence-corrected chi connectivity index (χ3v) is 5.47. The van der Waals surface area contributed by atoms with Crippen LogP contribution in [0.2, 0.25) is 0 Å². The first-order valence-electron chi connectivity index (χ1n) is 7.32. The first kappa shape index (κ1) is 13.0. The SMILES string of the molecule is O=C(N[C@@H]1CN2CCC1CC2)c1nsc2ccc(O)cc12. The lowest BCUT2D eigenvalue weighted by atomic mass is 9.84. The van der Waals surface area contributed by atoms with Crippen LogP contribution < -0.4 is 5.32 Å². The number of nitrogens with zero attached hydrogens (tertiary/aromatic N) is 2. The monoisotopic (exact) mass is 303 g/mol. The normalized spacial score (nSPS) is 27.9. The third kappa shape index (κ3) is 2.28. The number of amides is 1. The average molecular weight is 303 g/mol. The summed E-state index contributed by atoms with van der Waals surface area (Å²) in [4.78, 5) is 14.9. The molecule has 3 saturated heterocycles. The summed E-state index contributed by atoms with van der Waals surface area (Å²) >= 11 is 1.30. The molecule has 1 aromatic heterocycles. The van der Waals surface area contributed by atoms with Crippen LogP contribution >= 0.6 is 11.5 Å². The summed E-state index contributed by atoms with van der Waals surface area (Å²) in [7, 11) is 0. The summed E-state index contributed by atoms with van der Waals surface area (Å²) in [6.45, 7) is 3.26. The van der Waals surface area contributed by atoms with Crippen molar-refractivity contribution >= 4 is 27.5 Å². The molecule has 0 aliphatic carbocycles. The van der Waals surface area contributed by atoms with E-state index in [2.05, 4.69) is 14.6 Å². The molecule has 3 aliphatic heterocycles. The van der Waals surface area contributed by atoms with Crippen molar-refractivity contribution in [2.24, 2.45) is 5.92 Å². The second kappa shape index (κ2) is 4.96. The van der Waals surface area contributed by atoms with Crippen molar-refractivity contribution in [3.8, 4) is 5.75 Å². The maximum atomic E-state index is 12.5. The predicted octanol–water partition coefficient (Wildman–Crippen LogP) is 1.83. The van der Waals surface area contributed by atoms with Gasteiger partial charge in [0.1, 0.15) is 11.4 Å². The zero-order valence-electron chi connectivity index (χ0n) is 11.6. The molecule has 0 spiro atoms. The van der Waals surface area contributed by atoms with Crippen LogP contribution in [-0.4, -0.2) is 46.0 Å². The molecule has 110 valence electrons. The highest BCUT2D eigenvalue weighted by molar-refractivity contribution is 7.13. The number of hydrogen-bond acceptors (Lipinski definition) is 5. The zero-order chi connectivity index (χ0) is 14.4. The van der Waals surface area contributed by atoms with Crippen LogP contribution in [0.15, 0.2) is 18.2 Å². The average Bonchev–Trinajstić information content (AvgIpc) is 2.91. The molecule has 1 aromatic carbocycles. The van der Waals surface area contributed by atoms with E-state index in [0.717, 1.165) is 29.7 Å². The predicted molar refractivity (Wildman–Crippen MR) is 81.7 cm³/mol. The Morgan fingerprint density at radius 1 is 1.38 bits per heavy atom. The Labute approximate surface area is 126 Å². The summed E-state index contributed by atoms with van der Waals surface area (Å²) in [6, 6.07) is 5.27. The van der Waals surface area contributed by atoms with Crippen LogP contribution in [0.25, 0.3) is 10.1 Å². The van der Waals surface area contributed by atoms with E-state index in [1.54, 1.807) is 18.2 Å². The number of aromatic hydroxyl groups is 1. The number of piperidine rings is 3. The third-order valence-electron chi connectivity index (χ3n) is 4.64. The number of rotatable bonds is 2. The second-order valence-electron chi connectivity index (χ2n) is 5.93. The minimum Gasteiger partial charge on any atom is -0.508 e. The molecule has 1 atom stereocenters. The molecule has 21 heavy (non-hydrogen) atoms. The first-order chi connectivity index (χ1) is 10.2. The van der Waals surface area contributed by atoms with Gasteiger partial charge in [-0.2, -0.15) is 4.37 Å². The number of nitrogens with one attached hydrogen (secondary N) is 1. The summed E-state index contributed by atoms with van der Waals surface area (Å²) in [5, 5.41) is 13.5. The van der Waals surface area contributed by atoms with E-state index in [9.17, 15) is 9.90 Å². The molecule has 2 bridgehead atoms. The topological polar surface area (TPSA) is 65.5 Å². The van der Waals surface area contributed by atoms with E-state index in [1.165, 1.54) is 24.4 Å². The van der Waals surface area contributed by atoms with Gasteiger partial charge in [-0.05, 0) is 61.6 Å². The van der Waals surface area contributed by atoms with Gasteiger partial charge >= 0.3 is 0 Å². The molecule has 0 radical (unpaired) electrons. The maximum absolute atomic E-state index is 12.5. The minimum atomic E-state index is -0.120. The Morgan fingerprint density at radius 3 is 2.90 bits per heavy atom. The summed E-state index contributed by atoms with van der Waals surface area (Å²) in [6.07, 6.45) is 2.34. The Kier molecular flexibility index (Phi) is 3.08. The van der Waals surface area contributed by atoms with Gasteiger partial charge in [0, 0.05) is 18.0 Å². The van der Waals surface area contributed by atoms with Crippen molar-refractivity contribution in [2.45, 2.75) is 18.9 Å². The van der Waals surface area contributed by atoms with Crippen LogP contribution in [0, 0.1) is 5.92 Å². The summed E-state index contributed by atoms with van der Waals surface area (Å²) in [5.74, 6) is 0.641. The molecule has 2 aromatic rings. The molecule has 5 nitrogen and oxygen atoms in total. The number of carbonyl (C=O) groups is 1. The summed E-state index contributed by atoms with van der Waals surface area (Å²) in [5.41, 5.74) is 0.433. The zero-order valence-corrected chi connectivity index (χ0v) is 12.4. The molecular weight excluding hydrogens is 286 g/mol. The van der Waals surface area contributed by atoms with Gasteiger partial charge in [-0.1, -0.05) is 0 Å². The number of phenolic OH excluding ortho intramolecular Hbond substituents is 1. The fraction of sp³-hybridized carbons (Fsp3) is 0.467. The van der Waals surface area contributed by atoms with Gasteiger partial charge in [0.15, 0.2) is 0 Å². The smallest absolute Gasteiger partial charge is 0.271 e. The van der Waals surface area contributed by atoms with Crippen molar-refractivity contribution in [1.29, 1.82) is 0 Å². The number of hydrogen-bond donors (Lipinski definition) is 2. The Morgan fingerprint density at radius 2 is 2.19 bits per heavy atom. The van der Waals surface area contributed by atoms with Crippen molar-refractivity contribution in [3.63, 3.8) is 0 Å². The number of benzene rings is 1. The molecule has 2 N–H and O–H groups in total. The van der Waals surface area contributed by atoms with Crippen molar-refractivity contribution in [1.82, 2.24) is 14.6 Å². The Hall–Kier alpha value is -1.66. The minimum absolute atomic E-state index is 0.120. The number of phenols is 1. The van der Waals surface area contributed by atoms with Gasteiger partial charge in [0.25, 0.3) is 5.91 Å². The van der Waals surface area contributed by atoms with E-state index in [4.69, 9.17) is 0 Å². The Balaban J connectivity index is 1.57. The second-order valence-corrected chi connectivity index (χ2v) is 6.73. The molecule has 3 fully saturated rings. The molecular formula is C15H17N3O2S. The van der Waals surface area contributed by atoms with Crippen molar-refractivity contribution in [2.75, 3.05) is 19.6 Å². The fourth-order valence-electron chi connectivity index (χ4n) is 3.46. The molecule has 1 amide bonds. The van der Waals surface area contributed by atoms with E-state index in [1.807, 2.05) is 0 Å². The number of aromatic nitrogens is 1. The summed E-state index contributed by atoms with van der Waals surface area (Å²) < 4.78 is 5.19. The van der Waals surface area contributed by atoms with Crippen LogP contribution in [0.5, 0.6) is 5.75 Å². The first-order valence-corrected chi connectivity index (χ1v) is 8.09. The lowest BCUT2D eigenvalue weighted by Crippen LogP contribution is -2.57. The number of carbonyl (C=O) groups excluding carboxylic acids is 1. The van der Waals surface area contributed by atoms with Gasteiger partial charge in [0.05, 0.1) is 4.70 Å². The highest BCUT2D eigenvalue weighted by Crippen LogP contribution is 2.29. The van der Waals surface area contributed by atoms with E-state index >= 15 is 0 Å². The maximum Gasteiger partial charge on any atom is 0.271 e. The highest BCUT2D eigenvalue weighted by Gasteiger charge is 2.35. The van der Waals surface area contributed by atoms with Gasteiger partial charge < -0.3 is 15.3 Å². The molecule has 0 saturated carbocycles. The number of fused-ring (bicyclic) bond motifs is 4. The standard InChI is InChI=1S/C15H17N3O2S/c19-10-1-2-13-11(7-10)14(17-21-13)15(20)16-12-8-18-5-3-9(12)4-6-18/h1-2,7,9,12,19H,3-6,8H2,(H,16,20)/t12-/m1/s1. The molecule has 6 heteroatoms. The van der Waals surface area contributed by atoms with Crippen LogP contribution in [0.4, 0.5) is 0 Å². The lowest BCUT2D eigenvalue weighted by molar-refractivity contribution is 0.0619. The van der Waals surface area contributed by atoms with E-state index in [-0.39, 0.29) is 17.7 Å². The van der Waals surface area contributed by atoms with Gasteiger partial charge in [0.2, 0.25) is 0 Å². The molecule has 0 unspecified atom stereocenters.